The highest BCUT2D eigenvalue weighted by atomic mass is 16.6. The standard InChI is InChI=1S/C32H32N2O6/c1-22(2)19-27(32(35)39-21-25-9-13-28(14-10-25)34(36)37)20-24-11-15-29(16-12-24)38-18-17-30-23(3)40-31(33-30)26-7-5-4-6-8-26/h4-16,20,22H,17-19,21H2,1-3H3/b27-20-. The minimum absolute atomic E-state index is 0.00616. The summed E-state index contributed by atoms with van der Waals surface area (Å²) in [4.78, 5) is 27.8. The Morgan fingerprint density at radius 2 is 1.73 bits per heavy atom. The molecule has 0 fully saturated rings. The van der Waals surface area contributed by atoms with Crippen molar-refractivity contribution >= 4 is 17.7 Å². The molecule has 1 aromatic heterocycles. The molecule has 3 aromatic carbocycles. The topological polar surface area (TPSA) is 105 Å². The van der Waals surface area contributed by atoms with Gasteiger partial charge < -0.3 is 13.9 Å². The van der Waals surface area contributed by atoms with E-state index in [0.29, 0.717) is 42.2 Å². The molecule has 0 spiro atoms. The molecule has 0 atom stereocenters. The number of hydrogen-bond donors (Lipinski definition) is 0. The molecule has 8 nitrogen and oxygen atoms in total. The molecule has 0 unspecified atom stereocenters. The quantitative estimate of drug-likeness (QED) is 0.0800. The Labute approximate surface area is 233 Å². The van der Waals surface area contributed by atoms with Gasteiger partial charge in [-0.05, 0) is 72.9 Å². The highest BCUT2D eigenvalue weighted by Crippen LogP contribution is 2.23. The van der Waals surface area contributed by atoms with E-state index >= 15 is 0 Å². The van der Waals surface area contributed by atoms with Gasteiger partial charge in [-0.1, -0.05) is 44.2 Å². The lowest BCUT2D eigenvalue weighted by Crippen LogP contribution is -2.10. The van der Waals surface area contributed by atoms with Gasteiger partial charge in [-0.15, -0.1) is 0 Å². The SMILES string of the molecule is Cc1oc(-c2ccccc2)nc1CCOc1ccc(/C=C(/CC(C)C)C(=O)OCc2ccc([N+](=O)[O-])cc2)cc1. The number of non-ortho nitro benzene ring substituents is 1. The maximum Gasteiger partial charge on any atom is 0.334 e. The third-order valence-corrected chi connectivity index (χ3v) is 6.15. The van der Waals surface area contributed by atoms with Gasteiger partial charge in [0.15, 0.2) is 0 Å². The van der Waals surface area contributed by atoms with Crippen molar-refractivity contribution in [1.29, 1.82) is 0 Å². The zero-order chi connectivity index (χ0) is 28.5. The summed E-state index contributed by atoms with van der Waals surface area (Å²) < 4.78 is 17.3. The van der Waals surface area contributed by atoms with Crippen molar-refractivity contribution in [3.05, 3.63) is 117 Å². The molecule has 0 aliphatic heterocycles. The van der Waals surface area contributed by atoms with Gasteiger partial charge in [0.05, 0.1) is 17.2 Å². The first-order valence-corrected chi connectivity index (χ1v) is 13.1. The lowest BCUT2D eigenvalue weighted by atomic mass is 10.0. The van der Waals surface area contributed by atoms with Crippen LogP contribution in [0.2, 0.25) is 0 Å². The first kappa shape index (κ1) is 28.3. The first-order valence-electron chi connectivity index (χ1n) is 13.1. The van der Waals surface area contributed by atoms with Crippen LogP contribution in [0.15, 0.2) is 88.9 Å². The minimum atomic E-state index is -0.463. The van der Waals surface area contributed by atoms with E-state index in [-0.39, 0.29) is 18.2 Å². The third-order valence-electron chi connectivity index (χ3n) is 6.15. The van der Waals surface area contributed by atoms with Crippen molar-refractivity contribution in [1.82, 2.24) is 4.98 Å². The largest absolute Gasteiger partial charge is 0.493 e. The Kier molecular flexibility index (Phi) is 9.46. The van der Waals surface area contributed by atoms with E-state index in [1.54, 1.807) is 12.1 Å². The Morgan fingerprint density at radius 3 is 2.38 bits per heavy atom. The van der Waals surface area contributed by atoms with Crippen molar-refractivity contribution in [3.63, 3.8) is 0 Å². The van der Waals surface area contributed by atoms with Gasteiger partial charge in [0.2, 0.25) is 5.89 Å². The fourth-order valence-corrected chi connectivity index (χ4v) is 4.09. The number of nitrogens with zero attached hydrogens (tertiary/aromatic N) is 2. The molecule has 0 aliphatic carbocycles. The van der Waals surface area contributed by atoms with E-state index in [1.165, 1.54) is 12.1 Å². The monoisotopic (exact) mass is 540 g/mol. The Morgan fingerprint density at radius 1 is 1.02 bits per heavy atom. The molecule has 0 N–H and O–H groups in total. The lowest BCUT2D eigenvalue weighted by molar-refractivity contribution is -0.384. The zero-order valence-electron chi connectivity index (χ0n) is 22.8. The predicted octanol–water partition coefficient (Wildman–Crippen LogP) is 7.35. The van der Waals surface area contributed by atoms with Gasteiger partial charge >= 0.3 is 5.97 Å². The molecule has 0 amide bonds. The summed E-state index contributed by atoms with van der Waals surface area (Å²) in [5.74, 6) is 1.94. The number of esters is 1. The van der Waals surface area contributed by atoms with Crippen molar-refractivity contribution in [2.45, 2.75) is 40.2 Å². The molecule has 0 bridgehead atoms. The van der Waals surface area contributed by atoms with Crippen LogP contribution in [0.5, 0.6) is 5.75 Å². The molecule has 8 heteroatoms. The van der Waals surface area contributed by atoms with Gasteiger partial charge in [-0.3, -0.25) is 10.1 Å². The first-order chi connectivity index (χ1) is 19.3. The van der Waals surface area contributed by atoms with Crippen LogP contribution in [0, 0.1) is 23.0 Å². The molecule has 206 valence electrons. The fourth-order valence-electron chi connectivity index (χ4n) is 4.09. The molecule has 4 aromatic rings. The Hall–Kier alpha value is -4.72. The summed E-state index contributed by atoms with van der Waals surface area (Å²) >= 11 is 0. The van der Waals surface area contributed by atoms with Crippen LogP contribution in [-0.2, 0) is 22.6 Å². The number of hydrogen-bond acceptors (Lipinski definition) is 7. The molecule has 40 heavy (non-hydrogen) atoms. The molecule has 0 radical (unpaired) electrons. The van der Waals surface area contributed by atoms with E-state index < -0.39 is 10.9 Å². The van der Waals surface area contributed by atoms with Crippen LogP contribution in [0.25, 0.3) is 17.5 Å². The predicted molar refractivity (Wildman–Crippen MR) is 153 cm³/mol. The smallest absolute Gasteiger partial charge is 0.334 e. The molecule has 1 heterocycles. The second kappa shape index (κ2) is 13.4. The van der Waals surface area contributed by atoms with Crippen molar-refractivity contribution in [3.8, 4) is 17.2 Å². The summed E-state index contributed by atoms with van der Waals surface area (Å²) in [5.41, 5.74) is 3.89. The maximum absolute atomic E-state index is 12.9. The third kappa shape index (κ3) is 7.89. The van der Waals surface area contributed by atoms with E-state index in [9.17, 15) is 14.9 Å². The number of rotatable bonds is 12. The van der Waals surface area contributed by atoms with Gasteiger partial charge in [0.25, 0.3) is 5.69 Å². The fraction of sp³-hybridized carbons (Fsp3) is 0.250. The normalized spacial score (nSPS) is 11.4. The summed E-state index contributed by atoms with van der Waals surface area (Å²) in [6.07, 6.45) is 2.99. The van der Waals surface area contributed by atoms with E-state index in [1.807, 2.05) is 81.4 Å². The van der Waals surface area contributed by atoms with E-state index in [0.717, 1.165) is 22.6 Å². The van der Waals surface area contributed by atoms with Crippen molar-refractivity contribution in [2.75, 3.05) is 6.61 Å². The summed E-state index contributed by atoms with van der Waals surface area (Å²) in [5, 5.41) is 10.8. The summed E-state index contributed by atoms with van der Waals surface area (Å²) in [6.45, 7) is 6.46. The number of aromatic nitrogens is 1. The summed E-state index contributed by atoms with van der Waals surface area (Å²) in [7, 11) is 0. The lowest BCUT2D eigenvalue weighted by Gasteiger charge is -2.11. The average molecular weight is 541 g/mol. The van der Waals surface area contributed by atoms with E-state index in [4.69, 9.17) is 13.9 Å². The maximum atomic E-state index is 12.9. The Balaban J connectivity index is 1.33. The molecule has 0 aliphatic rings. The second-order valence-corrected chi connectivity index (χ2v) is 9.82. The number of benzene rings is 3. The molecule has 4 rings (SSSR count). The summed E-state index contributed by atoms with van der Waals surface area (Å²) in [6, 6.07) is 23.3. The number of carbonyl (C=O) groups excluding carboxylic acids is 1. The van der Waals surface area contributed by atoms with Crippen LogP contribution < -0.4 is 4.74 Å². The number of carbonyl (C=O) groups is 1. The van der Waals surface area contributed by atoms with Crippen molar-refractivity contribution in [2.24, 2.45) is 5.92 Å². The van der Waals surface area contributed by atoms with Gasteiger partial charge in [0.1, 0.15) is 18.1 Å². The van der Waals surface area contributed by atoms with Crippen LogP contribution in [-0.4, -0.2) is 22.5 Å². The highest BCUT2D eigenvalue weighted by Gasteiger charge is 2.15. The van der Waals surface area contributed by atoms with Crippen LogP contribution in [0.3, 0.4) is 0 Å². The zero-order valence-corrected chi connectivity index (χ0v) is 22.8. The van der Waals surface area contributed by atoms with Crippen LogP contribution in [0.4, 0.5) is 5.69 Å². The highest BCUT2D eigenvalue weighted by molar-refractivity contribution is 5.93. The Bertz CT molecular complexity index is 1460. The minimum Gasteiger partial charge on any atom is -0.493 e. The average Bonchev–Trinajstić information content (AvgIpc) is 3.33. The van der Waals surface area contributed by atoms with E-state index in [2.05, 4.69) is 4.98 Å². The molecular weight excluding hydrogens is 508 g/mol. The van der Waals surface area contributed by atoms with Gasteiger partial charge in [-0.2, -0.15) is 0 Å². The molecular formula is C32H32N2O6. The molecule has 0 saturated carbocycles. The number of nitro benzene ring substituents is 1. The van der Waals surface area contributed by atoms with Crippen molar-refractivity contribution < 1.29 is 23.6 Å². The number of aryl methyl sites for hydroxylation is 1. The number of oxazole rings is 1. The van der Waals surface area contributed by atoms with Gasteiger partial charge in [-0.25, -0.2) is 9.78 Å². The van der Waals surface area contributed by atoms with Gasteiger partial charge in [0, 0.05) is 29.7 Å². The number of nitro groups is 1. The van der Waals surface area contributed by atoms with Crippen LogP contribution >= 0.6 is 0 Å². The second-order valence-electron chi connectivity index (χ2n) is 9.82. The van der Waals surface area contributed by atoms with Crippen LogP contribution in [0.1, 0.15) is 42.8 Å². The number of ether oxygens (including phenoxy) is 2. The molecule has 0 saturated heterocycles.